The summed E-state index contributed by atoms with van der Waals surface area (Å²) in [5.74, 6) is 0.198. The van der Waals surface area contributed by atoms with Gasteiger partial charge in [0.15, 0.2) is 0 Å². The highest BCUT2D eigenvalue weighted by molar-refractivity contribution is 5.81. The molecular formula is C36H71N3O5. The van der Waals surface area contributed by atoms with E-state index in [9.17, 15) is 9.59 Å². The molecule has 1 saturated heterocycles. The Labute approximate surface area is 271 Å². The van der Waals surface area contributed by atoms with E-state index in [-0.39, 0.29) is 17.7 Å². The molecule has 8 heteroatoms. The molecule has 1 aliphatic rings. The van der Waals surface area contributed by atoms with Crippen LogP contribution in [0.3, 0.4) is 0 Å². The van der Waals surface area contributed by atoms with Crippen molar-refractivity contribution in [3.63, 3.8) is 0 Å². The smallest absolute Gasteiger partial charge is 0.224 e. The molecule has 0 aromatic rings. The highest BCUT2D eigenvalue weighted by Gasteiger charge is 2.27. The number of hydrogen-bond acceptors (Lipinski definition) is 6. The molecule has 260 valence electrons. The second-order valence-electron chi connectivity index (χ2n) is 12.7. The molecule has 0 aromatic heterocycles. The van der Waals surface area contributed by atoms with Gasteiger partial charge in [-0.15, -0.1) is 0 Å². The van der Waals surface area contributed by atoms with Crippen LogP contribution in [0.4, 0.5) is 0 Å². The van der Waals surface area contributed by atoms with Crippen molar-refractivity contribution in [3.05, 3.63) is 0 Å². The number of carbonyl (C=O) groups is 2. The van der Waals surface area contributed by atoms with Crippen LogP contribution >= 0.6 is 0 Å². The van der Waals surface area contributed by atoms with E-state index in [4.69, 9.17) is 19.9 Å². The first kappa shape index (κ1) is 40.8. The van der Waals surface area contributed by atoms with Gasteiger partial charge in [-0.3, -0.25) is 9.59 Å². The summed E-state index contributed by atoms with van der Waals surface area (Å²) >= 11 is 0. The lowest BCUT2D eigenvalue weighted by Gasteiger charge is -2.32. The van der Waals surface area contributed by atoms with Crippen LogP contribution in [0.15, 0.2) is 0 Å². The Balaban J connectivity index is 1.91. The van der Waals surface area contributed by atoms with E-state index < -0.39 is 0 Å². The SMILES string of the molecule is CCCCCCCCCCCCCCCCCCCC(=O)N1CCCC(C(=O)NCCCOCCOCCOCCCN)C1. The number of hydrogen-bond donors (Lipinski definition) is 2. The second kappa shape index (κ2) is 31.7. The minimum Gasteiger partial charge on any atom is -0.379 e. The predicted octanol–water partition coefficient (Wildman–Crippen LogP) is 7.17. The van der Waals surface area contributed by atoms with Crippen molar-refractivity contribution in [1.29, 1.82) is 0 Å². The van der Waals surface area contributed by atoms with E-state index in [1.807, 2.05) is 4.90 Å². The summed E-state index contributed by atoms with van der Waals surface area (Å²) in [6, 6.07) is 0. The summed E-state index contributed by atoms with van der Waals surface area (Å²) in [7, 11) is 0. The number of nitrogens with zero attached hydrogens (tertiary/aromatic N) is 1. The maximum atomic E-state index is 12.8. The Bertz CT molecular complexity index is 651. The van der Waals surface area contributed by atoms with Gasteiger partial charge in [0.1, 0.15) is 0 Å². The average Bonchev–Trinajstić information content (AvgIpc) is 3.04. The summed E-state index contributed by atoms with van der Waals surface area (Å²) in [6.07, 6.45) is 26.9. The second-order valence-corrected chi connectivity index (χ2v) is 12.7. The zero-order valence-electron chi connectivity index (χ0n) is 28.8. The highest BCUT2D eigenvalue weighted by Crippen LogP contribution is 2.19. The number of carbonyl (C=O) groups excluding carboxylic acids is 2. The summed E-state index contributed by atoms with van der Waals surface area (Å²) in [4.78, 5) is 27.4. The van der Waals surface area contributed by atoms with Gasteiger partial charge in [-0.2, -0.15) is 0 Å². The number of nitrogens with two attached hydrogens (primary N) is 1. The summed E-state index contributed by atoms with van der Waals surface area (Å²) in [5.41, 5.74) is 5.42. The van der Waals surface area contributed by atoms with Gasteiger partial charge in [0.2, 0.25) is 11.8 Å². The van der Waals surface area contributed by atoms with Crippen LogP contribution < -0.4 is 11.1 Å². The number of amides is 2. The van der Waals surface area contributed by atoms with Gasteiger partial charge in [0.05, 0.1) is 32.3 Å². The van der Waals surface area contributed by atoms with Crippen molar-refractivity contribution in [2.24, 2.45) is 11.7 Å². The number of nitrogens with one attached hydrogen (secondary N) is 1. The fourth-order valence-corrected chi connectivity index (χ4v) is 5.83. The monoisotopic (exact) mass is 626 g/mol. The molecule has 0 aliphatic carbocycles. The van der Waals surface area contributed by atoms with Gasteiger partial charge in [0, 0.05) is 39.3 Å². The van der Waals surface area contributed by atoms with Crippen molar-refractivity contribution in [1.82, 2.24) is 10.2 Å². The van der Waals surface area contributed by atoms with E-state index in [2.05, 4.69) is 12.2 Å². The predicted molar refractivity (Wildman–Crippen MR) is 182 cm³/mol. The molecule has 1 unspecified atom stereocenters. The van der Waals surface area contributed by atoms with Crippen molar-refractivity contribution < 1.29 is 23.8 Å². The zero-order chi connectivity index (χ0) is 31.8. The lowest BCUT2D eigenvalue weighted by molar-refractivity contribution is -0.135. The van der Waals surface area contributed by atoms with E-state index in [1.165, 1.54) is 96.3 Å². The molecule has 1 aliphatic heterocycles. The van der Waals surface area contributed by atoms with Crippen LogP contribution in [0.5, 0.6) is 0 Å². The molecule has 2 amide bonds. The number of likely N-dealkylation sites (tertiary alicyclic amines) is 1. The minimum atomic E-state index is -0.0929. The highest BCUT2D eigenvalue weighted by atomic mass is 16.5. The van der Waals surface area contributed by atoms with Crippen LogP contribution in [-0.4, -0.2) is 82.5 Å². The minimum absolute atomic E-state index is 0.0678. The number of unbranched alkanes of at least 4 members (excludes halogenated alkanes) is 16. The van der Waals surface area contributed by atoms with Crippen LogP contribution in [0.2, 0.25) is 0 Å². The Morgan fingerprint density at radius 1 is 0.659 bits per heavy atom. The Morgan fingerprint density at radius 2 is 1.14 bits per heavy atom. The van der Waals surface area contributed by atoms with Crippen LogP contribution in [-0.2, 0) is 23.8 Å². The third-order valence-corrected chi connectivity index (χ3v) is 8.64. The standard InChI is InChI=1S/C36H71N3O5/c1-2-3-4-5-6-7-8-9-10-11-12-13-14-15-16-17-18-23-35(40)39-26-19-22-34(33-39)36(41)38-25-21-28-43-30-32-44-31-29-42-27-20-24-37/h34H,2-33,37H2,1H3,(H,38,41). The van der Waals surface area contributed by atoms with Crippen molar-refractivity contribution in [2.45, 2.75) is 148 Å². The Morgan fingerprint density at radius 3 is 1.66 bits per heavy atom. The van der Waals surface area contributed by atoms with E-state index in [0.29, 0.717) is 65.7 Å². The van der Waals surface area contributed by atoms with Crippen molar-refractivity contribution in [3.8, 4) is 0 Å². The maximum absolute atomic E-state index is 12.8. The molecule has 44 heavy (non-hydrogen) atoms. The largest absolute Gasteiger partial charge is 0.379 e. The maximum Gasteiger partial charge on any atom is 0.224 e. The third kappa shape index (κ3) is 25.0. The van der Waals surface area contributed by atoms with Gasteiger partial charge >= 0.3 is 0 Å². The van der Waals surface area contributed by atoms with Gasteiger partial charge < -0.3 is 30.2 Å². The van der Waals surface area contributed by atoms with Gasteiger partial charge in [0.25, 0.3) is 0 Å². The zero-order valence-corrected chi connectivity index (χ0v) is 28.8. The van der Waals surface area contributed by atoms with Crippen molar-refractivity contribution in [2.75, 3.05) is 65.8 Å². The van der Waals surface area contributed by atoms with E-state index in [1.54, 1.807) is 0 Å². The van der Waals surface area contributed by atoms with E-state index in [0.717, 1.165) is 45.1 Å². The molecule has 0 spiro atoms. The third-order valence-electron chi connectivity index (χ3n) is 8.64. The van der Waals surface area contributed by atoms with Crippen LogP contribution in [0, 0.1) is 5.92 Å². The number of piperidine rings is 1. The molecule has 0 saturated carbocycles. The fourth-order valence-electron chi connectivity index (χ4n) is 5.83. The number of ether oxygens (including phenoxy) is 3. The molecule has 1 heterocycles. The van der Waals surface area contributed by atoms with Crippen molar-refractivity contribution >= 4 is 11.8 Å². The Kier molecular flexibility index (Phi) is 29.4. The van der Waals surface area contributed by atoms with Gasteiger partial charge in [-0.1, -0.05) is 110 Å². The topological polar surface area (TPSA) is 103 Å². The lowest BCUT2D eigenvalue weighted by atomic mass is 9.96. The molecule has 0 aromatic carbocycles. The molecular weight excluding hydrogens is 554 g/mol. The first-order chi connectivity index (χ1) is 21.7. The quantitative estimate of drug-likeness (QED) is 0.0769. The molecule has 3 N–H and O–H groups in total. The molecule has 1 rings (SSSR count). The molecule has 0 bridgehead atoms. The summed E-state index contributed by atoms with van der Waals surface area (Å²) in [5, 5.41) is 3.04. The molecule has 1 fully saturated rings. The van der Waals surface area contributed by atoms with Crippen LogP contribution in [0.25, 0.3) is 0 Å². The molecule has 8 nitrogen and oxygen atoms in total. The summed E-state index contributed by atoms with van der Waals surface area (Å²) < 4.78 is 16.4. The van der Waals surface area contributed by atoms with E-state index >= 15 is 0 Å². The Hall–Kier alpha value is -1.22. The summed E-state index contributed by atoms with van der Waals surface area (Å²) in [6.45, 7) is 8.36. The molecule has 1 atom stereocenters. The number of rotatable bonds is 32. The first-order valence-corrected chi connectivity index (χ1v) is 18.7. The van der Waals surface area contributed by atoms with Crippen LogP contribution in [0.1, 0.15) is 148 Å². The lowest BCUT2D eigenvalue weighted by Crippen LogP contribution is -2.45. The van der Waals surface area contributed by atoms with Gasteiger partial charge in [-0.25, -0.2) is 0 Å². The average molecular weight is 626 g/mol. The normalized spacial score (nSPS) is 15.1. The first-order valence-electron chi connectivity index (χ1n) is 18.7. The molecule has 0 radical (unpaired) electrons. The fraction of sp³-hybridized carbons (Fsp3) is 0.944. The van der Waals surface area contributed by atoms with Gasteiger partial charge in [-0.05, 0) is 38.6 Å².